The fourth-order valence-corrected chi connectivity index (χ4v) is 6.24. The standard InChI is InChI=1S/C16H28O6S2/c1-15(2)19-8-9(17)11(20-15)13-12(21-16(3,4)22-13)10(18)14-23-6-5-7-24-14/h9-14,17-18H,5-8H2,1-4H3/t9-,10+,11-,12+,13+/m1/s1. The first-order valence-corrected chi connectivity index (χ1v) is 10.5. The quantitative estimate of drug-likeness (QED) is 0.764. The highest BCUT2D eigenvalue weighted by atomic mass is 32.2. The van der Waals surface area contributed by atoms with Crippen LogP contribution in [-0.2, 0) is 18.9 Å². The summed E-state index contributed by atoms with van der Waals surface area (Å²) in [6.07, 6.45) is -2.04. The maximum absolute atomic E-state index is 10.9. The Hall–Kier alpha value is 0.460. The Balaban J connectivity index is 1.78. The number of hydrogen-bond acceptors (Lipinski definition) is 8. The van der Waals surface area contributed by atoms with Gasteiger partial charge < -0.3 is 29.2 Å². The largest absolute Gasteiger partial charge is 0.388 e. The van der Waals surface area contributed by atoms with E-state index >= 15 is 0 Å². The molecule has 3 aliphatic rings. The molecule has 140 valence electrons. The van der Waals surface area contributed by atoms with Crippen molar-refractivity contribution in [1.82, 2.24) is 0 Å². The third-order valence-corrected chi connectivity index (χ3v) is 7.44. The van der Waals surface area contributed by atoms with Crippen LogP contribution in [0.25, 0.3) is 0 Å². The van der Waals surface area contributed by atoms with E-state index in [1.807, 2.05) is 27.7 Å². The molecule has 6 nitrogen and oxygen atoms in total. The van der Waals surface area contributed by atoms with Gasteiger partial charge in [-0.25, -0.2) is 0 Å². The molecule has 0 amide bonds. The predicted molar refractivity (Wildman–Crippen MR) is 94.1 cm³/mol. The van der Waals surface area contributed by atoms with Crippen molar-refractivity contribution in [3.05, 3.63) is 0 Å². The summed E-state index contributed by atoms with van der Waals surface area (Å²) in [6, 6.07) is 0. The molecule has 8 heteroatoms. The van der Waals surface area contributed by atoms with Crippen molar-refractivity contribution < 1.29 is 29.2 Å². The van der Waals surface area contributed by atoms with Gasteiger partial charge in [-0.2, -0.15) is 0 Å². The molecule has 0 aromatic heterocycles. The van der Waals surface area contributed by atoms with Gasteiger partial charge in [-0.3, -0.25) is 0 Å². The highest BCUT2D eigenvalue weighted by Crippen LogP contribution is 2.41. The lowest BCUT2D eigenvalue weighted by molar-refractivity contribution is -0.323. The zero-order chi connectivity index (χ0) is 17.5. The van der Waals surface area contributed by atoms with Crippen molar-refractivity contribution in [1.29, 1.82) is 0 Å². The molecule has 5 atom stereocenters. The van der Waals surface area contributed by atoms with E-state index in [0.29, 0.717) is 0 Å². The molecular formula is C16H28O6S2. The van der Waals surface area contributed by atoms with Crippen LogP contribution in [0.5, 0.6) is 0 Å². The molecule has 3 fully saturated rings. The van der Waals surface area contributed by atoms with Crippen LogP contribution in [0.2, 0.25) is 0 Å². The molecular weight excluding hydrogens is 352 g/mol. The summed E-state index contributed by atoms with van der Waals surface area (Å²) >= 11 is 3.51. The van der Waals surface area contributed by atoms with Gasteiger partial charge in [0.05, 0.1) is 11.2 Å². The van der Waals surface area contributed by atoms with Gasteiger partial charge in [0.2, 0.25) is 0 Å². The van der Waals surface area contributed by atoms with Crippen LogP contribution in [-0.4, -0.2) is 75.0 Å². The summed E-state index contributed by atoms with van der Waals surface area (Å²) in [5.74, 6) is 0.454. The Kier molecular flexibility index (Phi) is 5.79. The average molecular weight is 381 g/mol. The van der Waals surface area contributed by atoms with Gasteiger partial charge in [0, 0.05) is 0 Å². The van der Waals surface area contributed by atoms with Crippen molar-refractivity contribution in [2.24, 2.45) is 0 Å². The van der Waals surface area contributed by atoms with E-state index in [-0.39, 0.29) is 11.2 Å². The molecule has 0 aliphatic carbocycles. The van der Waals surface area contributed by atoms with Gasteiger partial charge in [-0.15, -0.1) is 23.5 Å². The minimum absolute atomic E-state index is 0.0498. The van der Waals surface area contributed by atoms with Crippen molar-refractivity contribution in [3.63, 3.8) is 0 Å². The topological polar surface area (TPSA) is 77.4 Å². The molecule has 0 aromatic carbocycles. The first-order valence-electron chi connectivity index (χ1n) is 8.45. The van der Waals surface area contributed by atoms with Crippen molar-refractivity contribution in [3.8, 4) is 0 Å². The van der Waals surface area contributed by atoms with Crippen LogP contribution in [0.3, 0.4) is 0 Å². The summed E-state index contributed by atoms with van der Waals surface area (Å²) in [7, 11) is 0. The van der Waals surface area contributed by atoms with Gasteiger partial charge in [0.1, 0.15) is 30.5 Å². The third-order valence-electron chi connectivity index (χ3n) is 4.36. The molecule has 0 spiro atoms. The van der Waals surface area contributed by atoms with Crippen LogP contribution in [0.4, 0.5) is 0 Å². The van der Waals surface area contributed by atoms with Crippen molar-refractivity contribution in [2.45, 2.75) is 80.8 Å². The molecule has 0 bridgehead atoms. The summed E-state index contributed by atoms with van der Waals surface area (Å²) < 4.78 is 23.5. The van der Waals surface area contributed by atoms with Crippen molar-refractivity contribution >= 4 is 23.5 Å². The minimum atomic E-state index is -0.828. The van der Waals surface area contributed by atoms with E-state index < -0.39 is 42.1 Å². The van der Waals surface area contributed by atoms with E-state index in [9.17, 15) is 10.2 Å². The lowest BCUT2D eigenvalue weighted by Gasteiger charge is -2.42. The molecule has 3 heterocycles. The first kappa shape index (κ1) is 19.2. The number of ether oxygens (including phenoxy) is 4. The Morgan fingerprint density at radius 2 is 1.58 bits per heavy atom. The number of thioether (sulfide) groups is 2. The van der Waals surface area contributed by atoms with Crippen molar-refractivity contribution in [2.75, 3.05) is 18.1 Å². The highest BCUT2D eigenvalue weighted by Gasteiger charge is 2.54. The minimum Gasteiger partial charge on any atom is -0.388 e. The summed E-state index contributed by atoms with van der Waals surface area (Å²) in [4.78, 5) is 0. The first-order chi connectivity index (χ1) is 11.2. The number of aliphatic hydroxyl groups is 2. The van der Waals surface area contributed by atoms with Crippen LogP contribution >= 0.6 is 23.5 Å². The fraction of sp³-hybridized carbons (Fsp3) is 1.00. The lowest BCUT2D eigenvalue weighted by Crippen LogP contribution is -2.58. The summed E-state index contributed by atoms with van der Waals surface area (Å²) in [5.41, 5.74) is 0. The molecule has 0 saturated carbocycles. The van der Waals surface area contributed by atoms with E-state index in [1.54, 1.807) is 23.5 Å². The lowest BCUT2D eigenvalue weighted by atomic mass is 9.98. The zero-order valence-corrected chi connectivity index (χ0v) is 16.3. The Labute approximate surface area is 151 Å². The molecule has 3 aliphatic heterocycles. The van der Waals surface area contributed by atoms with Gasteiger partial charge in [-0.1, -0.05) is 0 Å². The zero-order valence-electron chi connectivity index (χ0n) is 14.6. The Morgan fingerprint density at radius 3 is 2.25 bits per heavy atom. The second kappa shape index (κ2) is 7.23. The molecule has 0 unspecified atom stereocenters. The monoisotopic (exact) mass is 380 g/mol. The number of rotatable bonds is 3. The van der Waals surface area contributed by atoms with E-state index in [1.165, 1.54) is 0 Å². The van der Waals surface area contributed by atoms with Gasteiger partial charge in [-0.05, 0) is 45.6 Å². The normalized spacial score (nSPS) is 41.2. The molecule has 0 aromatic rings. The predicted octanol–water partition coefficient (Wildman–Crippen LogP) is 1.58. The Morgan fingerprint density at radius 1 is 0.958 bits per heavy atom. The molecule has 0 radical (unpaired) electrons. The Bertz CT molecular complexity index is 440. The molecule has 3 rings (SSSR count). The molecule has 3 saturated heterocycles. The third kappa shape index (κ3) is 4.23. The SMILES string of the molecule is CC1(C)O[C@@H]([C@@H]2OC(C)(C)OC[C@H]2O)[C@H]([C@H](O)C2SCCCS2)O1. The average Bonchev–Trinajstić information content (AvgIpc) is 2.85. The van der Waals surface area contributed by atoms with Crippen LogP contribution < -0.4 is 0 Å². The maximum Gasteiger partial charge on any atom is 0.164 e. The van der Waals surface area contributed by atoms with E-state index in [4.69, 9.17) is 18.9 Å². The summed E-state index contributed by atoms with van der Waals surface area (Å²) in [6.45, 7) is 7.44. The van der Waals surface area contributed by atoms with Crippen LogP contribution in [0, 0.1) is 0 Å². The van der Waals surface area contributed by atoms with Crippen LogP contribution in [0.1, 0.15) is 34.1 Å². The maximum atomic E-state index is 10.9. The van der Waals surface area contributed by atoms with Crippen LogP contribution in [0.15, 0.2) is 0 Å². The van der Waals surface area contributed by atoms with E-state index in [0.717, 1.165) is 17.9 Å². The molecule has 2 N–H and O–H groups in total. The highest BCUT2D eigenvalue weighted by molar-refractivity contribution is 8.17. The van der Waals surface area contributed by atoms with Gasteiger partial charge in [0.15, 0.2) is 11.6 Å². The number of hydrogen-bond donors (Lipinski definition) is 2. The second-order valence-corrected chi connectivity index (χ2v) is 10.2. The second-order valence-electron chi connectivity index (χ2n) is 7.38. The molecule has 24 heavy (non-hydrogen) atoms. The number of aliphatic hydroxyl groups excluding tert-OH is 2. The fourth-order valence-electron chi connectivity index (χ4n) is 3.30. The summed E-state index contributed by atoms with van der Waals surface area (Å²) in [5, 5.41) is 21.3. The van der Waals surface area contributed by atoms with E-state index in [2.05, 4.69) is 0 Å². The smallest absolute Gasteiger partial charge is 0.164 e. The van der Waals surface area contributed by atoms with Gasteiger partial charge in [0.25, 0.3) is 0 Å². The van der Waals surface area contributed by atoms with Gasteiger partial charge >= 0.3 is 0 Å².